The van der Waals surface area contributed by atoms with E-state index < -0.39 is 0 Å². The predicted octanol–water partition coefficient (Wildman–Crippen LogP) is 2.79. The molecule has 1 saturated carbocycles. The Morgan fingerprint density at radius 3 is 2.67 bits per heavy atom. The molecule has 1 aliphatic carbocycles. The fourth-order valence-corrected chi connectivity index (χ4v) is 2.40. The van der Waals surface area contributed by atoms with Crippen LogP contribution in [0.15, 0.2) is 18.3 Å². The highest BCUT2D eigenvalue weighted by Crippen LogP contribution is 2.28. The molecule has 0 radical (unpaired) electrons. The molecule has 4 heteroatoms. The van der Waals surface area contributed by atoms with Crippen LogP contribution in [-0.2, 0) is 4.74 Å². The molecule has 2 N–H and O–H groups in total. The number of anilines is 1. The lowest BCUT2D eigenvalue weighted by atomic mass is 9.86. The SMILES string of the molecule is CCC1CCC(OC(=O)c2ccc(N)cn2)CC1. The summed E-state index contributed by atoms with van der Waals surface area (Å²) < 4.78 is 5.47. The van der Waals surface area contributed by atoms with Crippen LogP contribution < -0.4 is 5.73 Å². The first-order chi connectivity index (χ1) is 8.69. The lowest BCUT2D eigenvalue weighted by Gasteiger charge is -2.27. The Morgan fingerprint density at radius 1 is 1.39 bits per heavy atom. The molecule has 0 bridgehead atoms. The van der Waals surface area contributed by atoms with Crippen molar-refractivity contribution in [3.63, 3.8) is 0 Å². The third-order valence-corrected chi connectivity index (χ3v) is 3.64. The second kappa shape index (κ2) is 5.85. The van der Waals surface area contributed by atoms with Crippen molar-refractivity contribution in [2.75, 3.05) is 5.73 Å². The number of carbonyl (C=O) groups is 1. The van der Waals surface area contributed by atoms with E-state index in [1.54, 1.807) is 12.1 Å². The summed E-state index contributed by atoms with van der Waals surface area (Å²) >= 11 is 0. The average molecular weight is 248 g/mol. The van der Waals surface area contributed by atoms with E-state index in [0.29, 0.717) is 11.4 Å². The molecule has 0 amide bonds. The molecule has 0 atom stereocenters. The van der Waals surface area contributed by atoms with Crippen LogP contribution in [0.25, 0.3) is 0 Å². The van der Waals surface area contributed by atoms with Crippen molar-refractivity contribution in [2.45, 2.75) is 45.1 Å². The summed E-state index contributed by atoms with van der Waals surface area (Å²) in [6, 6.07) is 3.27. The first kappa shape index (κ1) is 12.9. The normalized spacial score (nSPS) is 23.6. The van der Waals surface area contributed by atoms with Crippen molar-refractivity contribution in [1.82, 2.24) is 4.98 Å². The molecular formula is C14H20N2O2. The number of carbonyl (C=O) groups excluding carboxylic acids is 1. The summed E-state index contributed by atoms with van der Waals surface area (Å²) in [5.74, 6) is 0.463. The highest BCUT2D eigenvalue weighted by atomic mass is 16.5. The number of aromatic nitrogens is 1. The van der Waals surface area contributed by atoms with Crippen LogP contribution in [0.2, 0.25) is 0 Å². The summed E-state index contributed by atoms with van der Waals surface area (Å²) in [5, 5.41) is 0. The quantitative estimate of drug-likeness (QED) is 0.835. The molecule has 0 unspecified atom stereocenters. The minimum absolute atomic E-state index is 0.0552. The van der Waals surface area contributed by atoms with Crippen LogP contribution in [0.5, 0.6) is 0 Å². The number of nitrogen functional groups attached to an aromatic ring is 1. The molecule has 1 aromatic heterocycles. The molecule has 2 rings (SSSR count). The van der Waals surface area contributed by atoms with Gasteiger partial charge in [0, 0.05) is 0 Å². The summed E-state index contributed by atoms with van der Waals surface area (Å²) in [5.41, 5.74) is 6.41. The van der Waals surface area contributed by atoms with Gasteiger partial charge in [0.25, 0.3) is 0 Å². The summed E-state index contributed by atoms with van der Waals surface area (Å²) in [6.07, 6.45) is 7.01. The first-order valence-corrected chi connectivity index (χ1v) is 6.61. The number of ether oxygens (including phenoxy) is 1. The monoisotopic (exact) mass is 248 g/mol. The van der Waals surface area contributed by atoms with Crippen molar-refractivity contribution < 1.29 is 9.53 Å². The summed E-state index contributed by atoms with van der Waals surface area (Å²) in [6.45, 7) is 2.22. The van der Waals surface area contributed by atoms with Crippen LogP contribution in [0.3, 0.4) is 0 Å². The Morgan fingerprint density at radius 2 is 2.11 bits per heavy atom. The smallest absolute Gasteiger partial charge is 0.357 e. The number of nitrogens with two attached hydrogens (primary N) is 1. The van der Waals surface area contributed by atoms with Gasteiger partial charge in [-0.3, -0.25) is 0 Å². The molecule has 1 heterocycles. The van der Waals surface area contributed by atoms with Crippen molar-refractivity contribution in [3.05, 3.63) is 24.0 Å². The van der Waals surface area contributed by atoms with Crippen molar-refractivity contribution in [1.29, 1.82) is 0 Å². The van der Waals surface area contributed by atoms with Crippen LogP contribution >= 0.6 is 0 Å². The third kappa shape index (κ3) is 3.22. The number of pyridine rings is 1. The van der Waals surface area contributed by atoms with E-state index in [1.165, 1.54) is 12.6 Å². The standard InChI is InChI=1S/C14H20N2O2/c1-2-10-3-6-12(7-4-10)18-14(17)13-8-5-11(15)9-16-13/h5,8-10,12H,2-4,6-7,15H2,1H3. The molecule has 0 spiro atoms. The minimum Gasteiger partial charge on any atom is -0.458 e. The maximum Gasteiger partial charge on any atom is 0.357 e. The summed E-state index contributed by atoms with van der Waals surface area (Å²) in [4.78, 5) is 15.8. The van der Waals surface area contributed by atoms with E-state index in [1.807, 2.05) is 0 Å². The van der Waals surface area contributed by atoms with Gasteiger partial charge in [-0.25, -0.2) is 9.78 Å². The van der Waals surface area contributed by atoms with Gasteiger partial charge in [0.05, 0.1) is 11.9 Å². The number of rotatable bonds is 3. The zero-order valence-electron chi connectivity index (χ0n) is 10.8. The molecule has 0 aromatic carbocycles. The van der Waals surface area contributed by atoms with Gasteiger partial charge >= 0.3 is 5.97 Å². The highest BCUT2D eigenvalue weighted by molar-refractivity contribution is 5.87. The number of hydrogen-bond donors (Lipinski definition) is 1. The Bertz CT molecular complexity index is 395. The zero-order chi connectivity index (χ0) is 13.0. The molecular weight excluding hydrogens is 228 g/mol. The first-order valence-electron chi connectivity index (χ1n) is 6.61. The van der Waals surface area contributed by atoms with E-state index in [-0.39, 0.29) is 12.1 Å². The van der Waals surface area contributed by atoms with Crippen molar-refractivity contribution in [2.24, 2.45) is 5.92 Å². The molecule has 1 aliphatic rings. The molecule has 1 fully saturated rings. The zero-order valence-corrected chi connectivity index (χ0v) is 10.8. The van der Waals surface area contributed by atoms with Crippen LogP contribution in [0.1, 0.15) is 49.5 Å². The number of nitrogens with zero attached hydrogens (tertiary/aromatic N) is 1. The van der Waals surface area contributed by atoms with E-state index in [9.17, 15) is 4.79 Å². The molecule has 4 nitrogen and oxygen atoms in total. The lowest BCUT2D eigenvalue weighted by molar-refractivity contribution is 0.0158. The van der Waals surface area contributed by atoms with E-state index >= 15 is 0 Å². The number of hydrogen-bond acceptors (Lipinski definition) is 4. The fourth-order valence-electron chi connectivity index (χ4n) is 2.40. The Hall–Kier alpha value is -1.58. The molecule has 0 saturated heterocycles. The molecule has 1 aromatic rings. The van der Waals surface area contributed by atoms with Gasteiger partial charge < -0.3 is 10.5 Å². The van der Waals surface area contributed by atoms with Gasteiger partial charge in [0.2, 0.25) is 0 Å². The van der Waals surface area contributed by atoms with Crippen molar-refractivity contribution in [3.8, 4) is 0 Å². The molecule has 98 valence electrons. The van der Waals surface area contributed by atoms with Gasteiger partial charge in [-0.15, -0.1) is 0 Å². The van der Waals surface area contributed by atoms with Crippen molar-refractivity contribution >= 4 is 11.7 Å². The van der Waals surface area contributed by atoms with Gasteiger partial charge in [0.15, 0.2) is 0 Å². The van der Waals surface area contributed by atoms with Crippen LogP contribution in [0.4, 0.5) is 5.69 Å². The van der Waals surface area contributed by atoms with Gasteiger partial charge in [-0.1, -0.05) is 13.3 Å². The van der Waals surface area contributed by atoms with Gasteiger partial charge in [-0.05, 0) is 43.7 Å². The minimum atomic E-state index is -0.338. The Kier molecular flexibility index (Phi) is 4.18. The second-order valence-electron chi connectivity index (χ2n) is 4.93. The fraction of sp³-hybridized carbons (Fsp3) is 0.571. The Labute approximate surface area is 108 Å². The molecule has 18 heavy (non-hydrogen) atoms. The van der Waals surface area contributed by atoms with Crippen LogP contribution in [-0.4, -0.2) is 17.1 Å². The second-order valence-corrected chi connectivity index (χ2v) is 4.93. The van der Waals surface area contributed by atoms with E-state index in [2.05, 4.69) is 11.9 Å². The summed E-state index contributed by atoms with van der Waals surface area (Å²) in [7, 11) is 0. The Balaban J connectivity index is 1.86. The third-order valence-electron chi connectivity index (χ3n) is 3.64. The predicted molar refractivity (Wildman–Crippen MR) is 70.1 cm³/mol. The maximum atomic E-state index is 11.8. The lowest BCUT2D eigenvalue weighted by Crippen LogP contribution is -2.24. The number of esters is 1. The van der Waals surface area contributed by atoms with Gasteiger partial charge in [-0.2, -0.15) is 0 Å². The topological polar surface area (TPSA) is 65.2 Å². The highest BCUT2D eigenvalue weighted by Gasteiger charge is 2.23. The van der Waals surface area contributed by atoms with Gasteiger partial charge in [0.1, 0.15) is 11.8 Å². The largest absolute Gasteiger partial charge is 0.458 e. The maximum absolute atomic E-state index is 11.8. The van der Waals surface area contributed by atoms with E-state index in [4.69, 9.17) is 10.5 Å². The molecule has 0 aliphatic heterocycles. The average Bonchev–Trinajstić information content (AvgIpc) is 2.40. The van der Waals surface area contributed by atoms with Crippen LogP contribution in [0, 0.1) is 5.92 Å². The van der Waals surface area contributed by atoms with E-state index in [0.717, 1.165) is 31.6 Å².